The SMILES string of the molecule is COc1ccc(OC)c(C(C)Nc2cnn(C)c2)c1. The molecule has 2 rings (SSSR count). The minimum Gasteiger partial charge on any atom is -0.497 e. The number of anilines is 1. The number of ether oxygens (including phenoxy) is 2. The van der Waals surface area contributed by atoms with E-state index in [4.69, 9.17) is 9.47 Å². The number of hydrogen-bond donors (Lipinski definition) is 1. The van der Waals surface area contributed by atoms with Gasteiger partial charge in [0.05, 0.1) is 32.1 Å². The second-order valence-electron chi connectivity index (χ2n) is 4.38. The molecule has 0 amide bonds. The molecule has 0 bridgehead atoms. The van der Waals surface area contributed by atoms with Crippen LogP contribution in [0.4, 0.5) is 5.69 Å². The number of aromatic nitrogens is 2. The van der Waals surface area contributed by atoms with E-state index in [1.54, 1.807) is 25.1 Å². The van der Waals surface area contributed by atoms with E-state index in [1.807, 2.05) is 31.4 Å². The van der Waals surface area contributed by atoms with Crippen LogP contribution in [0.2, 0.25) is 0 Å². The Morgan fingerprint density at radius 1 is 1.26 bits per heavy atom. The van der Waals surface area contributed by atoms with E-state index in [0.717, 1.165) is 22.7 Å². The predicted molar refractivity (Wildman–Crippen MR) is 74.8 cm³/mol. The van der Waals surface area contributed by atoms with Crippen molar-refractivity contribution in [3.05, 3.63) is 36.2 Å². The van der Waals surface area contributed by atoms with Crippen molar-refractivity contribution in [3.8, 4) is 11.5 Å². The summed E-state index contributed by atoms with van der Waals surface area (Å²) in [4.78, 5) is 0. The highest BCUT2D eigenvalue weighted by Gasteiger charge is 2.13. The molecule has 1 heterocycles. The van der Waals surface area contributed by atoms with E-state index >= 15 is 0 Å². The number of rotatable bonds is 5. The third-order valence-electron chi connectivity index (χ3n) is 2.99. The average molecular weight is 261 g/mol. The third-order valence-corrected chi connectivity index (χ3v) is 2.99. The van der Waals surface area contributed by atoms with Crippen molar-refractivity contribution in [1.82, 2.24) is 9.78 Å². The summed E-state index contributed by atoms with van der Waals surface area (Å²) < 4.78 is 12.4. The maximum absolute atomic E-state index is 5.39. The monoisotopic (exact) mass is 261 g/mol. The van der Waals surface area contributed by atoms with Gasteiger partial charge in [-0.25, -0.2) is 0 Å². The van der Waals surface area contributed by atoms with Crippen molar-refractivity contribution in [2.45, 2.75) is 13.0 Å². The Kier molecular flexibility index (Phi) is 3.94. The molecule has 1 aromatic carbocycles. The largest absolute Gasteiger partial charge is 0.497 e. The van der Waals surface area contributed by atoms with Gasteiger partial charge in [0.25, 0.3) is 0 Å². The Morgan fingerprint density at radius 3 is 2.63 bits per heavy atom. The lowest BCUT2D eigenvalue weighted by molar-refractivity contribution is 0.397. The maximum Gasteiger partial charge on any atom is 0.124 e. The summed E-state index contributed by atoms with van der Waals surface area (Å²) in [5.74, 6) is 1.65. The van der Waals surface area contributed by atoms with E-state index in [0.29, 0.717) is 0 Å². The molecule has 0 spiro atoms. The molecule has 1 atom stereocenters. The lowest BCUT2D eigenvalue weighted by atomic mass is 10.1. The van der Waals surface area contributed by atoms with E-state index in [-0.39, 0.29) is 6.04 Å². The zero-order valence-corrected chi connectivity index (χ0v) is 11.7. The highest BCUT2D eigenvalue weighted by Crippen LogP contribution is 2.31. The molecule has 0 aliphatic carbocycles. The Morgan fingerprint density at radius 2 is 2.05 bits per heavy atom. The molecule has 0 saturated heterocycles. The first-order valence-corrected chi connectivity index (χ1v) is 6.11. The van der Waals surface area contributed by atoms with Crippen molar-refractivity contribution in [2.75, 3.05) is 19.5 Å². The third kappa shape index (κ3) is 2.99. The van der Waals surface area contributed by atoms with Gasteiger partial charge in [0.2, 0.25) is 0 Å². The van der Waals surface area contributed by atoms with E-state index in [2.05, 4.69) is 17.3 Å². The molecule has 1 N–H and O–H groups in total. The second kappa shape index (κ2) is 5.65. The van der Waals surface area contributed by atoms with Gasteiger partial charge < -0.3 is 14.8 Å². The van der Waals surface area contributed by atoms with Crippen LogP contribution in [-0.2, 0) is 7.05 Å². The molecule has 0 aliphatic rings. The molecule has 0 radical (unpaired) electrons. The molecule has 2 aromatic rings. The first-order valence-electron chi connectivity index (χ1n) is 6.11. The van der Waals surface area contributed by atoms with Gasteiger partial charge >= 0.3 is 0 Å². The molecular weight excluding hydrogens is 242 g/mol. The zero-order chi connectivity index (χ0) is 13.8. The topological polar surface area (TPSA) is 48.3 Å². The number of hydrogen-bond acceptors (Lipinski definition) is 4. The summed E-state index contributed by atoms with van der Waals surface area (Å²) in [6.45, 7) is 2.07. The Hall–Kier alpha value is -2.17. The molecule has 102 valence electrons. The number of aryl methyl sites for hydroxylation is 1. The molecule has 19 heavy (non-hydrogen) atoms. The summed E-state index contributed by atoms with van der Waals surface area (Å²) in [6.07, 6.45) is 3.73. The molecule has 0 aliphatic heterocycles. The van der Waals surface area contributed by atoms with Gasteiger partial charge in [-0.1, -0.05) is 0 Å². The van der Waals surface area contributed by atoms with Gasteiger partial charge in [0, 0.05) is 18.8 Å². The van der Waals surface area contributed by atoms with Crippen molar-refractivity contribution >= 4 is 5.69 Å². The molecular formula is C14H19N3O2. The van der Waals surface area contributed by atoms with Crippen LogP contribution in [0.15, 0.2) is 30.6 Å². The lowest BCUT2D eigenvalue weighted by Gasteiger charge is -2.18. The van der Waals surface area contributed by atoms with Gasteiger partial charge in [0.1, 0.15) is 11.5 Å². The van der Waals surface area contributed by atoms with Gasteiger partial charge in [-0.3, -0.25) is 4.68 Å². The molecule has 1 unspecified atom stereocenters. The van der Waals surface area contributed by atoms with Crippen LogP contribution in [-0.4, -0.2) is 24.0 Å². The molecule has 0 fully saturated rings. The minimum atomic E-state index is 0.0919. The van der Waals surface area contributed by atoms with Gasteiger partial charge in [-0.2, -0.15) is 5.10 Å². The van der Waals surface area contributed by atoms with E-state index in [1.165, 1.54) is 0 Å². The Labute approximate surface area is 113 Å². The fourth-order valence-electron chi connectivity index (χ4n) is 2.00. The fourth-order valence-corrected chi connectivity index (χ4v) is 2.00. The van der Waals surface area contributed by atoms with Crippen LogP contribution in [0.5, 0.6) is 11.5 Å². The number of benzene rings is 1. The maximum atomic E-state index is 5.39. The molecule has 5 nitrogen and oxygen atoms in total. The average Bonchev–Trinajstić information content (AvgIpc) is 2.83. The van der Waals surface area contributed by atoms with Crippen molar-refractivity contribution in [1.29, 1.82) is 0 Å². The van der Waals surface area contributed by atoms with Crippen molar-refractivity contribution in [2.24, 2.45) is 7.05 Å². The molecule has 0 saturated carbocycles. The van der Waals surface area contributed by atoms with Crippen LogP contribution in [0.25, 0.3) is 0 Å². The summed E-state index contributed by atoms with van der Waals surface area (Å²) in [5, 5.41) is 7.52. The summed E-state index contributed by atoms with van der Waals surface area (Å²) in [7, 11) is 5.22. The zero-order valence-electron chi connectivity index (χ0n) is 11.7. The Bertz CT molecular complexity index is 551. The smallest absolute Gasteiger partial charge is 0.124 e. The molecule has 1 aromatic heterocycles. The predicted octanol–water partition coefficient (Wildman–Crippen LogP) is 2.61. The number of nitrogens with zero attached hydrogens (tertiary/aromatic N) is 2. The number of methoxy groups -OCH3 is 2. The fraction of sp³-hybridized carbons (Fsp3) is 0.357. The van der Waals surface area contributed by atoms with Gasteiger partial charge in [0.15, 0.2) is 0 Å². The van der Waals surface area contributed by atoms with E-state index in [9.17, 15) is 0 Å². The van der Waals surface area contributed by atoms with Crippen LogP contribution in [0.1, 0.15) is 18.5 Å². The van der Waals surface area contributed by atoms with Gasteiger partial charge in [-0.15, -0.1) is 0 Å². The quantitative estimate of drug-likeness (QED) is 0.898. The second-order valence-corrected chi connectivity index (χ2v) is 4.38. The highest BCUT2D eigenvalue weighted by molar-refractivity contribution is 5.47. The summed E-state index contributed by atoms with van der Waals surface area (Å²) >= 11 is 0. The van der Waals surface area contributed by atoms with Crippen molar-refractivity contribution < 1.29 is 9.47 Å². The van der Waals surface area contributed by atoms with Crippen LogP contribution < -0.4 is 14.8 Å². The van der Waals surface area contributed by atoms with Crippen LogP contribution in [0.3, 0.4) is 0 Å². The first kappa shape index (κ1) is 13.3. The van der Waals surface area contributed by atoms with Crippen LogP contribution in [0, 0.1) is 0 Å². The standard InChI is InChI=1S/C14H19N3O2/c1-10(16-11-8-15-17(2)9-11)13-7-12(18-3)5-6-14(13)19-4/h5-10,16H,1-4H3. The Balaban J connectivity index is 2.23. The minimum absolute atomic E-state index is 0.0919. The normalized spacial score (nSPS) is 12.0. The van der Waals surface area contributed by atoms with E-state index < -0.39 is 0 Å². The number of nitrogens with one attached hydrogen (secondary N) is 1. The summed E-state index contributed by atoms with van der Waals surface area (Å²) in [5.41, 5.74) is 2.02. The van der Waals surface area contributed by atoms with Gasteiger partial charge in [-0.05, 0) is 25.1 Å². The summed E-state index contributed by atoms with van der Waals surface area (Å²) in [6, 6.07) is 5.87. The van der Waals surface area contributed by atoms with Crippen molar-refractivity contribution in [3.63, 3.8) is 0 Å². The highest BCUT2D eigenvalue weighted by atomic mass is 16.5. The first-order chi connectivity index (χ1) is 9.13. The van der Waals surface area contributed by atoms with Crippen LogP contribution >= 0.6 is 0 Å². The lowest BCUT2D eigenvalue weighted by Crippen LogP contribution is -2.08. The molecule has 5 heteroatoms.